The number of aromatic amines is 1. The summed E-state index contributed by atoms with van der Waals surface area (Å²) in [5.74, 6) is 2.02. The minimum absolute atomic E-state index is 0.230. The molecule has 2 heterocycles. The van der Waals surface area contributed by atoms with Gasteiger partial charge >= 0.3 is 0 Å². The fourth-order valence-electron chi connectivity index (χ4n) is 4.04. The Labute approximate surface area is 153 Å². The summed E-state index contributed by atoms with van der Waals surface area (Å²) in [6, 6.07) is 8.69. The number of fused-ring (bicyclic) bond motifs is 3. The highest BCUT2D eigenvalue weighted by atomic mass is 16.3. The maximum absolute atomic E-state index is 12.4. The number of benzene rings is 1. The number of H-pyrrole nitrogens is 1. The molecule has 7 heteroatoms. The SMILES string of the molecule is CN(CCc1nc2ccccc2[nH]1)C(=O)CN1C[C@@H]2CC[C@H]1C2.O=CO. The predicted octanol–water partition coefficient (Wildman–Crippen LogP) is 1.75. The number of hydrogen-bond acceptors (Lipinski definition) is 4. The molecule has 2 bridgehead atoms. The molecule has 1 aliphatic carbocycles. The molecule has 2 aromatic rings. The van der Waals surface area contributed by atoms with E-state index in [0.717, 1.165) is 35.7 Å². The number of para-hydroxylation sites is 2. The molecule has 1 saturated carbocycles. The van der Waals surface area contributed by atoms with E-state index in [2.05, 4.69) is 14.9 Å². The number of rotatable bonds is 5. The van der Waals surface area contributed by atoms with E-state index in [9.17, 15) is 4.79 Å². The molecule has 1 aromatic carbocycles. The number of carboxylic acid groups (broad SMARTS) is 1. The van der Waals surface area contributed by atoms with Crippen LogP contribution in [-0.4, -0.2) is 70.0 Å². The van der Waals surface area contributed by atoms with Gasteiger partial charge in [0.1, 0.15) is 5.82 Å². The summed E-state index contributed by atoms with van der Waals surface area (Å²) in [5.41, 5.74) is 2.05. The quantitative estimate of drug-likeness (QED) is 0.795. The van der Waals surface area contributed by atoms with Gasteiger partial charge in [-0.25, -0.2) is 4.98 Å². The second-order valence-corrected chi connectivity index (χ2v) is 7.13. The molecule has 0 radical (unpaired) electrons. The number of nitrogens with zero attached hydrogens (tertiary/aromatic N) is 3. The van der Waals surface area contributed by atoms with E-state index in [1.54, 1.807) is 0 Å². The molecule has 140 valence electrons. The minimum atomic E-state index is -0.250. The van der Waals surface area contributed by atoms with Crippen LogP contribution in [0.5, 0.6) is 0 Å². The van der Waals surface area contributed by atoms with Gasteiger partial charge in [-0.2, -0.15) is 0 Å². The molecule has 0 unspecified atom stereocenters. The highest BCUT2D eigenvalue weighted by Gasteiger charge is 2.38. The van der Waals surface area contributed by atoms with E-state index in [0.29, 0.717) is 19.1 Å². The highest BCUT2D eigenvalue weighted by Crippen LogP contribution is 2.36. The van der Waals surface area contributed by atoms with Crippen molar-refractivity contribution in [2.24, 2.45) is 5.92 Å². The van der Waals surface area contributed by atoms with Crippen LogP contribution in [-0.2, 0) is 16.0 Å². The van der Waals surface area contributed by atoms with Crippen LogP contribution < -0.4 is 0 Å². The van der Waals surface area contributed by atoms with Crippen LogP contribution in [0.4, 0.5) is 0 Å². The van der Waals surface area contributed by atoms with Crippen molar-refractivity contribution in [1.29, 1.82) is 0 Å². The van der Waals surface area contributed by atoms with Crippen molar-refractivity contribution in [3.05, 3.63) is 30.1 Å². The second-order valence-electron chi connectivity index (χ2n) is 7.13. The number of carbonyl (C=O) groups is 2. The van der Waals surface area contributed by atoms with Crippen molar-refractivity contribution >= 4 is 23.4 Å². The Balaban J connectivity index is 0.000000613. The number of nitrogens with one attached hydrogen (secondary N) is 1. The third-order valence-electron chi connectivity index (χ3n) is 5.41. The summed E-state index contributed by atoms with van der Waals surface area (Å²) in [4.78, 5) is 32.9. The van der Waals surface area contributed by atoms with Crippen LogP contribution in [0, 0.1) is 5.92 Å². The van der Waals surface area contributed by atoms with E-state index in [-0.39, 0.29) is 12.4 Å². The standard InChI is InChI=1S/C18H24N4O.CH2O2/c1-21(18(23)12-22-11-13-6-7-14(22)10-13)9-8-17-19-15-4-2-3-5-16(15)20-17;2-1-3/h2-5,13-14H,6-12H2,1H3,(H,19,20);1H,(H,2,3)/t13-,14+;/m1./s1. The predicted molar refractivity (Wildman–Crippen MR) is 98.8 cm³/mol. The third kappa shape index (κ3) is 4.22. The van der Waals surface area contributed by atoms with Gasteiger partial charge in [-0.1, -0.05) is 12.1 Å². The average molecular weight is 358 g/mol. The zero-order chi connectivity index (χ0) is 18.5. The first kappa shape index (κ1) is 18.4. The van der Waals surface area contributed by atoms with Crippen molar-refractivity contribution in [2.75, 3.05) is 26.7 Å². The number of aromatic nitrogens is 2. The lowest BCUT2D eigenvalue weighted by molar-refractivity contribution is -0.131. The molecule has 0 spiro atoms. The second kappa shape index (κ2) is 8.31. The Hall–Kier alpha value is -2.41. The van der Waals surface area contributed by atoms with Crippen molar-refractivity contribution in [1.82, 2.24) is 19.8 Å². The van der Waals surface area contributed by atoms with Crippen LogP contribution in [0.2, 0.25) is 0 Å². The molecular weight excluding hydrogens is 332 g/mol. The molecular formula is C19H26N4O3. The molecule has 26 heavy (non-hydrogen) atoms. The van der Waals surface area contributed by atoms with Gasteiger partial charge in [0.15, 0.2) is 0 Å². The van der Waals surface area contributed by atoms with E-state index in [1.165, 1.54) is 19.3 Å². The number of likely N-dealkylation sites (tertiary alicyclic amines) is 1. The fraction of sp³-hybridized carbons (Fsp3) is 0.526. The Morgan fingerprint density at radius 1 is 1.42 bits per heavy atom. The Morgan fingerprint density at radius 2 is 2.19 bits per heavy atom. The molecule has 7 nitrogen and oxygen atoms in total. The van der Waals surface area contributed by atoms with Gasteiger partial charge in [0.2, 0.25) is 5.91 Å². The third-order valence-corrected chi connectivity index (χ3v) is 5.41. The zero-order valence-electron chi connectivity index (χ0n) is 15.1. The molecule has 4 rings (SSSR count). The molecule has 2 N–H and O–H groups in total. The van der Waals surface area contributed by atoms with Gasteiger partial charge in [0, 0.05) is 32.6 Å². The summed E-state index contributed by atoms with van der Waals surface area (Å²) in [5, 5.41) is 6.89. The molecule has 2 atom stereocenters. The Bertz CT molecular complexity index is 727. The lowest BCUT2D eigenvalue weighted by Crippen LogP contribution is -2.42. The van der Waals surface area contributed by atoms with Crippen LogP contribution in [0.1, 0.15) is 25.1 Å². The number of carbonyl (C=O) groups excluding carboxylic acids is 1. The molecule has 1 aromatic heterocycles. The molecule has 2 fully saturated rings. The van der Waals surface area contributed by atoms with Crippen molar-refractivity contribution in [2.45, 2.75) is 31.7 Å². The largest absolute Gasteiger partial charge is 0.483 e. The number of piperidine rings is 1. The fourth-order valence-corrected chi connectivity index (χ4v) is 4.04. The normalized spacial score (nSPS) is 21.4. The summed E-state index contributed by atoms with van der Waals surface area (Å²) in [7, 11) is 1.90. The molecule has 1 saturated heterocycles. The summed E-state index contributed by atoms with van der Waals surface area (Å²) >= 11 is 0. The molecule has 1 aliphatic heterocycles. The van der Waals surface area contributed by atoms with Crippen LogP contribution in [0.15, 0.2) is 24.3 Å². The van der Waals surface area contributed by atoms with Gasteiger partial charge in [-0.05, 0) is 37.3 Å². The number of likely N-dealkylation sites (N-methyl/N-ethyl adjacent to an activating group) is 1. The minimum Gasteiger partial charge on any atom is -0.483 e. The Kier molecular flexibility index (Phi) is 5.88. The van der Waals surface area contributed by atoms with E-state index in [1.807, 2.05) is 36.2 Å². The van der Waals surface area contributed by atoms with Crippen molar-refractivity contribution < 1.29 is 14.7 Å². The maximum atomic E-state index is 12.4. The van der Waals surface area contributed by atoms with E-state index >= 15 is 0 Å². The van der Waals surface area contributed by atoms with Crippen LogP contribution >= 0.6 is 0 Å². The topological polar surface area (TPSA) is 89.5 Å². The van der Waals surface area contributed by atoms with Crippen molar-refractivity contribution in [3.63, 3.8) is 0 Å². The number of imidazole rings is 1. The van der Waals surface area contributed by atoms with Crippen LogP contribution in [0.3, 0.4) is 0 Å². The number of amides is 1. The number of hydrogen-bond donors (Lipinski definition) is 2. The average Bonchev–Trinajstić information content (AvgIpc) is 3.34. The van der Waals surface area contributed by atoms with Gasteiger partial charge in [-0.3, -0.25) is 14.5 Å². The summed E-state index contributed by atoms with van der Waals surface area (Å²) in [6.07, 6.45) is 4.71. The first-order chi connectivity index (χ1) is 12.6. The Morgan fingerprint density at radius 3 is 2.85 bits per heavy atom. The van der Waals surface area contributed by atoms with Gasteiger partial charge in [-0.15, -0.1) is 0 Å². The lowest BCUT2D eigenvalue weighted by atomic mass is 10.1. The highest BCUT2D eigenvalue weighted by molar-refractivity contribution is 5.78. The lowest BCUT2D eigenvalue weighted by Gasteiger charge is -2.28. The monoisotopic (exact) mass is 358 g/mol. The van der Waals surface area contributed by atoms with Crippen molar-refractivity contribution in [3.8, 4) is 0 Å². The molecule has 1 amide bonds. The summed E-state index contributed by atoms with van der Waals surface area (Å²) < 4.78 is 0. The van der Waals surface area contributed by atoms with E-state index in [4.69, 9.17) is 9.90 Å². The van der Waals surface area contributed by atoms with Gasteiger partial charge in [0.05, 0.1) is 17.6 Å². The maximum Gasteiger partial charge on any atom is 0.290 e. The van der Waals surface area contributed by atoms with Gasteiger partial charge < -0.3 is 15.0 Å². The summed E-state index contributed by atoms with van der Waals surface area (Å²) in [6.45, 7) is 2.16. The molecule has 2 aliphatic rings. The van der Waals surface area contributed by atoms with Crippen LogP contribution in [0.25, 0.3) is 11.0 Å². The first-order valence-corrected chi connectivity index (χ1v) is 9.10. The smallest absolute Gasteiger partial charge is 0.290 e. The van der Waals surface area contributed by atoms with E-state index < -0.39 is 0 Å². The van der Waals surface area contributed by atoms with Gasteiger partial charge in [0.25, 0.3) is 6.47 Å². The zero-order valence-corrected chi connectivity index (χ0v) is 15.1. The first-order valence-electron chi connectivity index (χ1n) is 9.10.